The molecule has 0 saturated heterocycles. The van der Waals surface area contributed by atoms with Crippen LogP contribution in [0.3, 0.4) is 0 Å². The molecule has 118 valence electrons. The first kappa shape index (κ1) is 16.2. The second-order valence-electron chi connectivity index (χ2n) is 5.94. The zero-order valence-electron chi connectivity index (χ0n) is 13.6. The summed E-state index contributed by atoms with van der Waals surface area (Å²) in [5.74, 6) is 2.49. The van der Waals surface area contributed by atoms with Crippen LogP contribution in [0.5, 0.6) is 11.5 Å². The van der Waals surface area contributed by atoms with Crippen LogP contribution in [0.1, 0.15) is 46.0 Å². The Kier molecular flexibility index (Phi) is 6.37. The van der Waals surface area contributed by atoms with Crippen LogP contribution >= 0.6 is 0 Å². The van der Waals surface area contributed by atoms with Gasteiger partial charge in [-0.2, -0.15) is 0 Å². The minimum Gasteiger partial charge on any atom is -0.493 e. The summed E-state index contributed by atoms with van der Waals surface area (Å²) in [6, 6.07) is 8.41. The van der Waals surface area contributed by atoms with Crippen molar-refractivity contribution in [1.29, 1.82) is 0 Å². The van der Waals surface area contributed by atoms with E-state index in [4.69, 9.17) is 9.47 Å². The quantitative estimate of drug-likeness (QED) is 0.823. The lowest BCUT2D eigenvalue weighted by Gasteiger charge is -2.37. The van der Waals surface area contributed by atoms with Crippen LogP contribution in [0, 0.1) is 5.92 Å². The molecule has 0 aromatic heterocycles. The minimum atomic E-state index is 0.242. The molecule has 3 atom stereocenters. The lowest BCUT2D eigenvalue weighted by atomic mass is 9.81. The summed E-state index contributed by atoms with van der Waals surface area (Å²) >= 11 is 0. The molecule has 0 amide bonds. The van der Waals surface area contributed by atoms with Gasteiger partial charge >= 0.3 is 0 Å². The predicted molar refractivity (Wildman–Crippen MR) is 87.1 cm³/mol. The van der Waals surface area contributed by atoms with E-state index in [0.29, 0.717) is 6.04 Å². The van der Waals surface area contributed by atoms with Gasteiger partial charge in [-0.15, -0.1) is 0 Å². The zero-order chi connectivity index (χ0) is 15.1. The Morgan fingerprint density at radius 3 is 2.57 bits per heavy atom. The average Bonchev–Trinajstić information content (AvgIpc) is 2.51. The van der Waals surface area contributed by atoms with Gasteiger partial charge in [0.25, 0.3) is 0 Å². The molecule has 0 radical (unpaired) electrons. The second-order valence-corrected chi connectivity index (χ2v) is 5.94. The van der Waals surface area contributed by atoms with Crippen molar-refractivity contribution in [1.82, 2.24) is 5.32 Å². The summed E-state index contributed by atoms with van der Waals surface area (Å²) in [5.41, 5.74) is 0. The van der Waals surface area contributed by atoms with Gasteiger partial charge in [0, 0.05) is 6.04 Å². The maximum absolute atomic E-state index is 6.33. The molecule has 3 unspecified atom stereocenters. The predicted octanol–water partition coefficient (Wildman–Crippen LogP) is 4.02. The first-order chi connectivity index (χ1) is 10.3. The Hall–Kier alpha value is -1.22. The summed E-state index contributed by atoms with van der Waals surface area (Å²) in [4.78, 5) is 0. The molecule has 0 heterocycles. The van der Waals surface area contributed by atoms with Crippen molar-refractivity contribution >= 4 is 0 Å². The minimum absolute atomic E-state index is 0.242. The summed E-state index contributed by atoms with van der Waals surface area (Å²) in [7, 11) is 1.70. The molecule has 3 heteroatoms. The lowest BCUT2D eigenvalue weighted by molar-refractivity contribution is 0.0813. The van der Waals surface area contributed by atoms with Gasteiger partial charge in [-0.25, -0.2) is 0 Å². The van der Waals surface area contributed by atoms with Gasteiger partial charge < -0.3 is 14.8 Å². The molecule has 0 bridgehead atoms. The van der Waals surface area contributed by atoms with Gasteiger partial charge in [-0.1, -0.05) is 38.8 Å². The van der Waals surface area contributed by atoms with Crippen molar-refractivity contribution < 1.29 is 9.47 Å². The number of hydrogen-bond acceptors (Lipinski definition) is 3. The molecule has 1 saturated carbocycles. The maximum atomic E-state index is 6.33. The van der Waals surface area contributed by atoms with Crippen LogP contribution in [0.25, 0.3) is 0 Å². The van der Waals surface area contributed by atoms with E-state index in [9.17, 15) is 0 Å². The number of ether oxygens (including phenoxy) is 2. The smallest absolute Gasteiger partial charge is 0.161 e. The van der Waals surface area contributed by atoms with Crippen molar-refractivity contribution in [3.05, 3.63) is 24.3 Å². The molecule has 1 fully saturated rings. The normalized spacial score (nSPS) is 25.6. The molecule has 1 N–H and O–H groups in total. The van der Waals surface area contributed by atoms with E-state index in [1.54, 1.807) is 7.11 Å². The Labute approximate surface area is 129 Å². The number of para-hydroxylation sites is 2. The van der Waals surface area contributed by atoms with Gasteiger partial charge in [-0.05, 0) is 43.9 Å². The fourth-order valence-electron chi connectivity index (χ4n) is 3.39. The van der Waals surface area contributed by atoms with Gasteiger partial charge in [0.15, 0.2) is 11.5 Å². The molecule has 1 aromatic carbocycles. The first-order valence-electron chi connectivity index (χ1n) is 8.31. The van der Waals surface area contributed by atoms with Crippen molar-refractivity contribution in [2.45, 2.75) is 58.1 Å². The van der Waals surface area contributed by atoms with E-state index >= 15 is 0 Å². The van der Waals surface area contributed by atoms with Crippen LogP contribution in [0.2, 0.25) is 0 Å². The number of benzene rings is 1. The van der Waals surface area contributed by atoms with Crippen molar-refractivity contribution in [3.63, 3.8) is 0 Å². The van der Waals surface area contributed by atoms with Crippen LogP contribution in [0.15, 0.2) is 24.3 Å². The van der Waals surface area contributed by atoms with E-state index in [1.807, 2.05) is 24.3 Å². The molecule has 1 aliphatic carbocycles. The molecule has 2 rings (SSSR count). The summed E-state index contributed by atoms with van der Waals surface area (Å²) in [5, 5.41) is 3.59. The first-order valence-corrected chi connectivity index (χ1v) is 8.31. The molecule has 21 heavy (non-hydrogen) atoms. The number of rotatable bonds is 7. The van der Waals surface area contributed by atoms with Crippen LogP contribution in [-0.2, 0) is 0 Å². The average molecular weight is 291 g/mol. The van der Waals surface area contributed by atoms with E-state index in [1.165, 1.54) is 25.7 Å². The van der Waals surface area contributed by atoms with Gasteiger partial charge in [-0.3, -0.25) is 0 Å². The molecule has 0 aliphatic heterocycles. The fourth-order valence-corrected chi connectivity index (χ4v) is 3.39. The highest BCUT2D eigenvalue weighted by atomic mass is 16.5. The van der Waals surface area contributed by atoms with E-state index in [-0.39, 0.29) is 6.10 Å². The third-order valence-corrected chi connectivity index (χ3v) is 4.41. The maximum Gasteiger partial charge on any atom is 0.161 e. The SMILES string of the molecule is CCCC1CCC(NCC)C(Oc2ccccc2OC)C1. The van der Waals surface area contributed by atoms with Crippen molar-refractivity contribution in [2.24, 2.45) is 5.92 Å². The van der Waals surface area contributed by atoms with Gasteiger partial charge in [0.1, 0.15) is 6.10 Å². The van der Waals surface area contributed by atoms with E-state index < -0.39 is 0 Å². The highest BCUT2D eigenvalue weighted by molar-refractivity contribution is 5.39. The number of methoxy groups -OCH3 is 1. The fraction of sp³-hybridized carbons (Fsp3) is 0.667. The Bertz CT molecular complexity index is 421. The van der Waals surface area contributed by atoms with Gasteiger partial charge in [0.05, 0.1) is 7.11 Å². The van der Waals surface area contributed by atoms with Crippen molar-refractivity contribution in [3.8, 4) is 11.5 Å². The summed E-state index contributed by atoms with van der Waals surface area (Å²) < 4.78 is 11.7. The van der Waals surface area contributed by atoms with E-state index in [0.717, 1.165) is 30.4 Å². The molecule has 3 nitrogen and oxygen atoms in total. The molecular weight excluding hydrogens is 262 g/mol. The number of nitrogens with one attached hydrogen (secondary N) is 1. The monoisotopic (exact) mass is 291 g/mol. The highest BCUT2D eigenvalue weighted by Crippen LogP contribution is 2.34. The van der Waals surface area contributed by atoms with Crippen LogP contribution in [-0.4, -0.2) is 25.8 Å². The largest absolute Gasteiger partial charge is 0.493 e. The third kappa shape index (κ3) is 4.37. The van der Waals surface area contributed by atoms with Crippen molar-refractivity contribution in [2.75, 3.05) is 13.7 Å². The lowest BCUT2D eigenvalue weighted by Crippen LogP contribution is -2.47. The highest BCUT2D eigenvalue weighted by Gasteiger charge is 2.31. The molecule has 0 spiro atoms. The Morgan fingerprint density at radius 2 is 1.90 bits per heavy atom. The standard InChI is InChI=1S/C18H29NO2/c1-4-8-14-11-12-15(19-5-2)18(13-14)21-17-10-7-6-9-16(17)20-3/h6-7,9-10,14-15,18-19H,4-5,8,11-13H2,1-3H3. The molecule has 1 aromatic rings. The van der Waals surface area contributed by atoms with E-state index in [2.05, 4.69) is 19.2 Å². The second kappa shape index (κ2) is 8.28. The Balaban J connectivity index is 2.08. The molecule has 1 aliphatic rings. The topological polar surface area (TPSA) is 30.5 Å². The van der Waals surface area contributed by atoms with Crippen LogP contribution in [0.4, 0.5) is 0 Å². The summed E-state index contributed by atoms with van der Waals surface area (Å²) in [6.45, 7) is 5.43. The number of likely N-dealkylation sites (N-methyl/N-ethyl adjacent to an activating group) is 1. The third-order valence-electron chi connectivity index (χ3n) is 4.41. The number of hydrogen-bond donors (Lipinski definition) is 1. The summed E-state index contributed by atoms with van der Waals surface area (Å²) in [6.07, 6.45) is 6.48. The Morgan fingerprint density at radius 1 is 1.14 bits per heavy atom. The van der Waals surface area contributed by atoms with Gasteiger partial charge in [0.2, 0.25) is 0 Å². The van der Waals surface area contributed by atoms with Crippen LogP contribution < -0.4 is 14.8 Å². The zero-order valence-corrected chi connectivity index (χ0v) is 13.6. The molecular formula is C18H29NO2.